The van der Waals surface area contributed by atoms with E-state index in [-0.39, 0.29) is 37.2 Å². The van der Waals surface area contributed by atoms with Gasteiger partial charge in [-0.05, 0) is 25.1 Å². The van der Waals surface area contributed by atoms with Gasteiger partial charge in [0.2, 0.25) is 0 Å². The summed E-state index contributed by atoms with van der Waals surface area (Å²) in [6, 6.07) is 10.7. The third-order valence-electron chi connectivity index (χ3n) is 3.39. The van der Waals surface area contributed by atoms with Crippen molar-refractivity contribution in [2.75, 3.05) is 39.3 Å². The summed E-state index contributed by atoms with van der Waals surface area (Å²) in [7, 11) is 0. The lowest BCUT2D eigenvalue weighted by molar-refractivity contribution is 0.127. The van der Waals surface area contributed by atoms with E-state index in [1.807, 2.05) is 0 Å². The Morgan fingerprint density at radius 3 is 1.95 bits per heavy atom. The molecule has 6 heteroatoms. The third-order valence-corrected chi connectivity index (χ3v) is 3.39. The Bertz CT molecular complexity index is 317. The summed E-state index contributed by atoms with van der Waals surface area (Å²) < 4.78 is 0. The molecule has 0 radical (unpaired) electrons. The topological polar surface area (TPSA) is 32.5 Å². The highest BCUT2D eigenvalue weighted by Crippen LogP contribution is 2.08. The first kappa shape index (κ1) is 22.3. The van der Waals surface area contributed by atoms with E-state index in [1.54, 1.807) is 0 Å². The van der Waals surface area contributed by atoms with Gasteiger partial charge in [0.05, 0.1) is 0 Å². The minimum atomic E-state index is 0. The minimum Gasteiger partial charge on any atom is -0.330 e. The monoisotopic (exact) mass is 341 g/mol. The maximum Gasteiger partial charge on any atom is 0.0234 e. The Balaban J connectivity index is 0. The molecule has 20 heavy (non-hydrogen) atoms. The van der Waals surface area contributed by atoms with Crippen LogP contribution in [0.5, 0.6) is 0 Å². The van der Waals surface area contributed by atoms with Gasteiger partial charge < -0.3 is 10.6 Å². The summed E-state index contributed by atoms with van der Waals surface area (Å²) in [5.41, 5.74) is 6.96. The Morgan fingerprint density at radius 1 is 0.850 bits per heavy atom. The molecule has 0 saturated carbocycles. The van der Waals surface area contributed by atoms with Gasteiger partial charge in [0, 0.05) is 32.7 Å². The summed E-state index contributed by atoms with van der Waals surface area (Å²) in [5, 5.41) is 0. The number of nitrogens with two attached hydrogens (primary N) is 1. The number of rotatable bonds is 5. The first-order valence-electron chi connectivity index (χ1n) is 6.57. The smallest absolute Gasteiger partial charge is 0.0234 e. The number of piperazine rings is 1. The second kappa shape index (κ2) is 12.7. The molecular weight excluding hydrogens is 317 g/mol. The van der Waals surface area contributed by atoms with Crippen LogP contribution in [0.15, 0.2) is 30.3 Å². The lowest BCUT2D eigenvalue weighted by Crippen LogP contribution is -2.46. The van der Waals surface area contributed by atoms with Gasteiger partial charge in [-0.1, -0.05) is 30.3 Å². The van der Waals surface area contributed by atoms with Crippen LogP contribution in [-0.2, 0) is 6.54 Å². The molecule has 1 aliphatic rings. The number of hydrogen-bond acceptors (Lipinski definition) is 3. The summed E-state index contributed by atoms with van der Waals surface area (Å²) in [5.74, 6) is 0. The number of hydrogen-bond donors (Lipinski definition) is 1. The van der Waals surface area contributed by atoms with E-state index in [0.717, 1.165) is 26.1 Å². The van der Waals surface area contributed by atoms with E-state index in [9.17, 15) is 0 Å². The van der Waals surface area contributed by atoms with Crippen molar-refractivity contribution in [3.63, 3.8) is 0 Å². The molecule has 0 unspecified atom stereocenters. The number of benzene rings is 1. The molecule has 1 aromatic rings. The van der Waals surface area contributed by atoms with Gasteiger partial charge in [0.1, 0.15) is 0 Å². The van der Waals surface area contributed by atoms with Crippen LogP contribution in [0, 0.1) is 0 Å². The zero-order valence-corrected chi connectivity index (χ0v) is 14.2. The van der Waals surface area contributed by atoms with Gasteiger partial charge >= 0.3 is 0 Å². The highest BCUT2D eigenvalue weighted by Gasteiger charge is 2.15. The van der Waals surface area contributed by atoms with Crippen LogP contribution in [0.2, 0.25) is 0 Å². The highest BCUT2D eigenvalue weighted by atomic mass is 35.5. The minimum absolute atomic E-state index is 0. The first-order chi connectivity index (χ1) is 8.38. The number of halogens is 3. The van der Waals surface area contributed by atoms with Crippen molar-refractivity contribution in [2.24, 2.45) is 5.73 Å². The Morgan fingerprint density at radius 2 is 1.40 bits per heavy atom. The van der Waals surface area contributed by atoms with Crippen molar-refractivity contribution in [2.45, 2.75) is 13.0 Å². The van der Waals surface area contributed by atoms with Gasteiger partial charge in [-0.25, -0.2) is 0 Å². The maximum atomic E-state index is 5.54. The predicted molar refractivity (Wildman–Crippen MR) is 93.6 cm³/mol. The number of nitrogens with zero attached hydrogens (tertiary/aromatic N) is 2. The Hall–Kier alpha value is -0.0300. The van der Waals surface area contributed by atoms with Gasteiger partial charge in [0.15, 0.2) is 0 Å². The van der Waals surface area contributed by atoms with Crippen molar-refractivity contribution in [1.82, 2.24) is 9.80 Å². The summed E-state index contributed by atoms with van der Waals surface area (Å²) in [4.78, 5) is 5.06. The van der Waals surface area contributed by atoms with Crippen LogP contribution in [-0.4, -0.2) is 49.1 Å². The third kappa shape index (κ3) is 7.67. The molecular formula is C14H26Cl3N3. The highest BCUT2D eigenvalue weighted by molar-refractivity contribution is 5.86. The standard InChI is InChI=1S/C14H23N3.3ClH/c15-7-4-8-16-9-11-17(12-10-16)13-14-5-2-1-3-6-14;;;/h1-3,5-6H,4,7-13,15H2;3*1H. The van der Waals surface area contributed by atoms with Crippen LogP contribution >= 0.6 is 37.2 Å². The van der Waals surface area contributed by atoms with Crippen molar-refractivity contribution in [3.05, 3.63) is 35.9 Å². The van der Waals surface area contributed by atoms with E-state index in [0.29, 0.717) is 0 Å². The van der Waals surface area contributed by atoms with Gasteiger partial charge in [-0.15, -0.1) is 37.2 Å². The molecule has 1 aliphatic heterocycles. The van der Waals surface area contributed by atoms with Crippen molar-refractivity contribution in [3.8, 4) is 0 Å². The van der Waals surface area contributed by atoms with Gasteiger partial charge in [-0.2, -0.15) is 0 Å². The van der Waals surface area contributed by atoms with Crippen LogP contribution < -0.4 is 5.73 Å². The summed E-state index contributed by atoms with van der Waals surface area (Å²) in [6.45, 7) is 7.80. The fourth-order valence-electron chi connectivity index (χ4n) is 2.33. The first-order valence-corrected chi connectivity index (χ1v) is 6.57. The van der Waals surface area contributed by atoms with E-state index in [2.05, 4.69) is 40.1 Å². The predicted octanol–water partition coefficient (Wildman–Crippen LogP) is 2.42. The van der Waals surface area contributed by atoms with E-state index in [1.165, 1.54) is 31.7 Å². The summed E-state index contributed by atoms with van der Waals surface area (Å²) >= 11 is 0. The van der Waals surface area contributed by atoms with Gasteiger partial charge in [-0.3, -0.25) is 4.90 Å². The lowest BCUT2D eigenvalue weighted by Gasteiger charge is -2.34. The maximum absolute atomic E-state index is 5.54. The zero-order valence-electron chi connectivity index (χ0n) is 11.7. The zero-order chi connectivity index (χ0) is 11.9. The molecule has 0 atom stereocenters. The average Bonchev–Trinajstić information content (AvgIpc) is 2.39. The molecule has 0 aliphatic carbocycles. The molecule has 1 heterocycles. The molecule has 0 aromatic heterocycles. The molecule has 2 rings (SSSR count). The molecule has 1 aromatic carbocycles. The largest absolute Gasteiger partial charge is 0.330 e. The molecule has 2 N–H and O–H groups in total. The van der Waals surface area contributed by atoms with Crippen LogP contribution in [0.25, 0.3) is 0 Å². The Labute approximate surface area is 141 Å². The molecule has 0 amide bonds. The average molecular weight is 343 g/mol. The van der Waals surface area contributed by atoms with Crippen LogP contribution in [0.1, 0.15) is 12.0 Å². The van der Waals surface area contributed by atoms with Crippen LogP contribution in [0.3, 0.4) is 0 Å². The second-order valence-corrected chi connectivity index (χ2v) is 4.75. The van der Waals surface area contributed by atoms with E-state index in [4.69, 9.17) is 5.73 Å². The quantitative estimate of drug-likeness (QED) is 0.892. The van der Waals surface area contributed by atoms with E-state index < -0.39 is 0 Å². The van der Waals surface area contributed by atoms with Crippen molar-refractivity contribution < 1.29 is 0 Å². The van der Waals surface area contributed by atoms with Crippen molar-refractivity contribution >= 4 is 37.2 Å². The fourth-order valence-corrected chi connectivity index (χ4v) is 2.33. The van der Waals surface area contributed by atoms with E-state index >= 15 is 0 Å². The SMILES string of the molecule is Cl.Cl.Cl.NCCCN1CCN(Cc2ccccc2)CC1. The fraction of sp³-hybridized carbons (Fsp3) is 0.571. The molecule has 0 spiro atoms. The van der Waals surface area contributed by atoms with Crippen LogP contribution in [0.4, 0.5) is 0 Å². The Kier molecular flexibility index (Phi) is 14.1. The molecule has 118 valence electrons. The molecule has 3 nitrogen and oxygen atoms in total. The normalized spacial score (nSPS) is 15.7. The van der Waals surface area contributed by atoms with Gasteiger partial charge in [0.25, 0.3) is 0 Å². The molecule has 1 saturated heterocycles. The van der Waals surface area contributed by atoms with Crippen molar-refractivity contribution in [1.29, 1.82) is 0 Å². The molecule has 0 bridgehead atoms. The lowest BCUT2D eigenvalue weighted by atomic mass is 10.2. The second-order valence-electron chi connectivity index (χ2n) is 4.75. The molecule has 1 fully saturated rings. The summed E-state index contributed by atoms with van der Waals surface area (Å²) in [6.07, 6.45) is 1.12.